The molecule has 0 bridgehead atoms. The molecule has 112 valence electrons. The lowest BCUT2D eigenvalue weighted by atomic mass is 10.2. The van der Waals surface area contributed by atoms with Gasteiger partial charge >= 0.3 is 0 Å². The molecule has 0 saturated heterocycles. The molecule has 0 aliphatic heterocycles. The smallest absolute Gasteiger partial charge is 0.121 e. The van der Waals surface area contributed by atoms with Crippen LogP contribution in [0, 0.1) is 12.0 Å². The zero-order chi connectivity index (χ0) is 15.8. The van der Waals surface area contributed by atoms with E-state index in [0.717, 1.165) is 23.1 Å². The Balaban J connectivity index is 0.000000847. The van der Waals surface area contributed by atoms with Gasteiger partial charge in [0.2, 0.25) is 0 Å². The molecule has 4 nitrogen and oxygen atoms in total. The van der Waals surface area contributed by atoms with Crippen molar-refractivity contribution in [1.29, 1.82) is 0 Å². The first-order valence-corrected chi connectivity index (χ1v) is 6.99. The van der Waals surface area contributed by atoms with Crippen LogP contribution in [-0.4, -0.2) is 23.9 Å². The standard InChI is InChI=1S/C17H14N2O.CH5N/c1-20-16-10-9-15-13-19(18-17(15)12-16)11-5-8-14-6-3-2-4-7-14;1-2/h2-4,6-7,9-10,12-13H,8H2,1H3;2H2,1H3. The predicted octanol–water partition coefficient (Wildman–Crippen LogP) is 2.67. The fraction of sp³-hybridized carbons (Fsp3) is 0.167. The number of hydrogen-bond donors (Lipinski definition) is 1. The highest BCUT2D eigenvalue weighted by molar-refractivity contribution is 5.79. The van der Waals surface area contributed by atoms with E-state index in [4.69, 9.17) is 4.74 Å². The summed E-state index contributed by atoms with van der Waals surface area (Å²) < 4.78 is 6.84. The monoisotopic (exact) mass is 293 g/mol. The summed E-state index contributed by atoms with van der Waals surface area (Å²) in [5.74, 6) is 3.93. The van der Waals surface area contributed by atoms with Gasteiger partial charge < -0.3 is 10.5 Å². The van der Waals surface area contributed by atoms with Crippen LogP contribution in [0.15, 0.2) is 54.7 Å². The molecule has 2 N–H and O–H groups in total. The van der Waals surface area contributed by atoms with Crippen LogP contribution in [0.4, 0.5) is 0 Å². The maximum Gasteiger partial charge on any atom is 0.121 e. The molecule has 0 unspecified atom stereocenters. The minimum atomic E-state index is 0.723. The Morgan fingerprint density at radius 1 is 1.14 bits per heavy atom. The highest BCUT2D eigenvalue weighted by atomic mass is 16.5. The first kappa shape index (κ1) is 15.6. The van der Waals surface area contributed by atoms with Gasteiger partial charge in [-0.05, 0) is 24.7 Å². The number of aromatic nitrogens is 2. The maximum absolute atomic E-state index is 5.19. The second kappa shape index (κ2) is 7.87. The Morgan fingerprint density at radius 3 is 2.64 bits per heavy atom. The molecule has 22 heavy (non-hydrogen) atoms. The van der Waals surface area contributed by atoms with E-state index in [2.05, 4.69) is 34.9 Å². The van der Waals surface area contributed by atoms with E-state index in [-0.39, 0.29) is 0 Å². The summed E-state index contributed by atoms with van der Waals surface area (Å²) in [7, 11) is 3.15. The van der Waals surface area contributed by atoms with Crippen LogP contribution in [0.1, 0.15) is 5.56 Å². The summed E-state index contributed by atoms with van der Waals surface area (Å²) in [6.45, 7) is 0. The lowest BCUT2D eigenvalue weighted by molar-refractivity contribution is 0.415. The normalized spacial score (nSPS) is 9.41. The van der Waals surface area contributed by atoms with E-state index in [1.165, 1.54) is 12.6 Å². The molecule has 0 amide bonds. The van der Waals surface area contributed by atoms with Crippen molar-refractivity contribution >= 4 is 10.9 Å². The minimum absolute atomic E-state index is 0.723. The molecule has 3 rings (SSSR count). The Morgan fingerprint density at radius 2 is 1.91 bits per heavy atom. The molecule has 4 heteroatoms. The molecule has 0 saturated carbocycles. The van der Waals surface area contributed by atoms with Gasteiger partial charge in [-0.2, -0.15) is 9.78 Å². The van der Waals surface area contributed by atoms with Crippen molar-refractivity contribution in [2.24, 2.45) is 5.73 Å². The van der Waals surface area contributed by atoms with Crippen molar-refractivity contribution in [3.05, 3.63) is 60.3 Å². The van der Waals surface area contributed by atoms with E-state index < -0.39 is 0 Å². The highest BCUT2D eigenvalue weighted by Gasteiger charge is 2.00. The molecule has 0 aliphatic rings. The van der Waals surface area contributed by atoms with Crippen molar-refractivity contribution in [1.82, 2.24) is 9.78 Å². The first-order chi connectivity index (χ1) is 10.8. The number of nitrogens with zero attached hydrogens (tertiary/aromatic N) is 2. The molecule has 3 aromatic rings. The topological polar surface area (TPSA) is 53.1 Å². The van der Waals surface area contributed by atoms with Crippen molar-refractivity contribution in [3.8, 4) is 17.7 Å². The van der Waals surface area contributed by atoms with Gasteiger partial charge in [0.25, 0.3) is 0 Å². The SMILES string of the molecule is CN.COc1ccc2cn(C#CCc3ccccc3)nc2c1. The van der Waals surface area contributed by atoms with Crippen LogP contribution in [0.5, 0.6) is 5.75 Å². The third-order valence-electron chi connectivity index (χ3n) is 3.04. The van der Waals surface area contributed by atoms with E-state index in [1.54, 1.807) is 11.8 Å². The van der Waals surface area contributed by atoms with Crippen molar-refractivity contribution in [2.75, 3.05) is 14.2 Å². The number of fused-ring (bicyclic) bond motifs is 1. The van der Waals surface area contributed by atoms with Crippen LogP contribution < -0.4 is 10.5 Å². The summed E-state index contributed by atoms with van der Waals surface area (Å²) in [4.78, 5) is 0. The lowest BCUT2D eigenvalue weighted by Gasteiger charge is -1.96. The summed E-state index contributed by atoms with van der Waals surface area (Å²) >= 11 is 0. The highest BCUT2D eigenvalue weighted by Crippen LogP contribution is 2.18. The van der Waals surface area contributed by atoms with Gasteiger partial charge in [0.1, 0.15) is 5.75 Å². The van der Waals surface area contributed by atoms with Crippen molar-refractivity contribution in [2.45, 2.75) is 6.42 Å². The Kier molecular flexibility index (Phi) is 5.58. The Bertz CT molecular complexity index is 782. The minimum Gasteiger partial charge on any atom is -0.497 e. The van der Waals surface area contributed by atoms with Gasteiger partial charge in [-0.15, -0.1) is 0 Å². The van der Waals surface area contributed by atoms with Crippen molar-refractivity contribution in [3.63, 3.8) is 0 Å². The van der Waals surface area contributed by atoms with Gasteiger partial charge in [-0.25, -0.2) is 0 Å². The summed E-state index contributed by atoms with van der Waals surface area (Å²) in [6.07, 6.45) is 2.65. The summed E-state index contributed by atoms with van der Waals surface area (Å²) in [5, 5.41) is 5.47. The van der Waals surface area contributed by atoms with E-state index >= 15 is 0 Å². The molecule has 0 atom stereocenters. The first-order valence-electron chi connectivity index (χ1n) is 6.99. The molecule has 0 spiro atoms. The molecule has 1 aromatic heterocycles. The maximum atomic E-state index is 5.19. The summed E-state index contributed by atoms with van der Waals surface area (Å²) in [5.41, 5.74) is 6.59. The molecule has 2 aromatic carbocycles. The van der Waals surface area contributed by atoms with Crippen LogP contribution in [0.2, 0.25) is 0 Å². The van der Waals surface area contributed by atoms with Gasteiger partial charge in [-0.3, -0.25) is 0 Å². The molecular formula is C18H19N3O. The number of rotatable bonds is 2. The predicted molar refractivity (Wildman–Crippen MR) is 89.7 cm³/mol. The van der Waals surface area contributed by atoms with Gasteiger partial charge in [0, 0.05) is 30.1 Å². The average Bonchev–Trinajstić information content (AvgIpc) is 2.99. The second-order valence-corrected chi connectivity index (χ2v) is 4.45. The number of benzene rings is 2. The molecular weight excluding hydrogens is 274 g/mol. The van der Waals surface area contributed by atoms with E-state index in [9.17, 15) is 0 Å². The van der Waals surface area contributed by atoms with Crippen molar-refractivity contribution < 1.29 is 4.74 Å². The van der Waals surface area contributed by atoms with Crippen LogP contribution in [0.25, 0.3) is 10.9 Å². The third kappa shape index (κ3) is 3.87. The number of ether oxygens (including phenoxy) is 1. The zero-order valence-corrected chi connectivity index (χ0v) is 12.8. The van der Waals surface area contributed by atoms with Gasteiger partial charge in [0.05, 0.1) is 12.6 Å². The molecule has 0 radical (unpaired) electrons. The molecule has 0 fully saturated rings. The number of methoxy groups -OCH3 is 1. The average molecular weight is 293 g/mol. The largest absolute Gasteiger partial charge is 0.497 e. The third-order valence-corrected chi connectivity index (χ3v) is 3.04. The Hall–Kier alpha value is -2.77. The lowest BCUT2D eigenvalue weighted by Crippen LogP contribution is -1.89. The second-order valence-electron chi connectivity index (χ2n) is 4.45. The Labute approximate surface area is 130 Å². The fourth-order valence-electron chi connectivity index (χ4n) is 2.00. The van der Waals surface area contributed by atoms with Crippen LogP contribution in [0.3, 0.4) is 0 Å². The fourth-order valence-corrected chi connectivity index (χ4v) is 2.00. The van der Waals surface area contributed by atoms with Gasteiger partial charge in [-0.1, -0.05) is 36.3 Å². The van der Waals surface area contributed by atoms with Crippen LogP contribution >= 0.6 is 0 Å². The quantitative estimate of drug-likeness (QED) is 0.739. The van der Waals surface area contributed by atoms with E-state index in [1.807, 2.05) is 42.6 Å². The van der Waals surface area contributed by atoms with Crippen LogP contribution in [-0.2, 0) is 6.42 Å². The number of nitrogens with two attached hydrogens (primary N) is 1. The molecule has 0 aliphatic carbocycles. The zero-order valence-electron chi connectivity index (χ0n) is 12.8. The van der Waals surface area contributed by atoms with E-state index in [0.29, 0.717) is 0 Å². The summed E-state index contributed by atoms with van der Waals surface area (Å²) in [6, 6.07) is 19.0. The van der Waals surface area contributed by atoms with Gasteiger partial charge in [0.15, 0.2) is 0 Å². The molecule has 1 heterocycles. The number of hydrogen-bond acceptors (Lipinski definition) is 3.